The molecule has 0 saturated heterocycles. The van der Waals surface area contributed by atoms with Gasteiger partial charge in [-0.05, 0) is 24.3 Å². The second kappa shape index (κ2) is 4.09. The van der Waals surface area contributed by atoms with E-state index in [2.05, 4.69) is 0 Å². The maximum atomic E-state index is 9.95. The van der Waals surface area contributed by atoms with Gasteiger partial charge in [-0.1, -0.05) is 0 Å². The molecule has 0 bridgehead atoms. The van der Waals surface area contributed by atoms with Gasteiger partial charge in [-0.3, -0.25) is 4.79 Å². The standard InChI is InChI=1S/C6H8O2.Na/c7-3-6(4-8)5-1-2-5;/h3-5,7H,1-2H2;/q;+1/p-1/b6-3-;. The van der Waals surface area contributed by atoms with Crippen molar-refractivity contribution in [3.05, 3.63) is 11.8 Å². The Balaban J connectivity index is 0.000000640. The molecule has 0 aromatic rings. The quantitative estimate of drug-likeness (QED) is 0.173. The molecule has 3 heteroatoms. The van der Waals surface area contributed by atoms with Crippen LogP contribution in [0.3, 0.4) is 0 Å². The van der Waals surface area contributed by atoms with E-state index >= 15 is 0 Å². The van der Waals surface area contributed by atoms with E-state index in [0.717, 1.165) is 12.8 Å². The number of hydrogen-bond donors (Lipinski definition) is 0. The first-order valence-electron chi connectivity index (χ1n) is 2.65. The number of hydrogen-bond acceptors (Lipinski definition) is 2. The Hall–Kier alpha value is 0.210. The van der Waals surface area contributed by atoms with Crippen LogP contribution in [-0.4, -0.2) is 6.29 Å². The van der Waals surface area contributed by atoms with Crippen LogP contribution in [0.5, 0.6) is 0 Å². The van der Waals surface area contributed by atoms with Crippen molar-refractivity contribution in [2.45, 2.75) is 12.8 Å². The van der Waals surface area contributed by atoms with E-state index in [9.17, 15) is 9.90 Å². The summed E-state index contributed by atoms with van der Waals surface area (Å²) in [5, 5.41) is 9.95. The Morgan fingerprint density at radius 2 is 2.11 bits per heavy atom. The van der Waals surface area contributed by atoms with Crippen molar-refractivity contribution in [3.63, 3.8) is 0 Å². The van der Waals surface area contributed by atoms with Crippen molar-refractivity contribution in [2.75, 3.05) is 0 Å². The molecule has 0 unspecified atom stereocenters. The summed E-state index contributed by atoms with van der Waals surface area (Å²) in [4.78, 5) is 9.95. The van der Waals surface area contributed by atoms with Gasteiger partial charge in [-0.25, -0.2) is 0 Å². The monoisotopic (exact) mass is 134 g/mol. The molecular weight excluding hydrogens is 127 g/mol. The zero-order chi connectivity index (χ0) is 5.98. The molecule has 0 spiro atoms. The maximum Gasteiger partial charge on any atom is 1.00 e. The second-order valence-corrected chi connectivity index (χ2v) is 2.01. The van der Waals surface area contributed by atoms with Crippen LogP contribution in [0.25, 0.3) is 0 Å². The molecule has 1 aliphatic carbocycles. The summed E-state index contributed by atoms with van der Waals surface area (Å²) in [5.74, 6) is 0.310. The molecule has 1 rings (SSSR count). The molecule has 0 heterocycles. The Kier molecular flexibility index (Phi) is 4.19. The van der Waals surface area contributed by atoms with Crippen LogP contribution in [0.2, 0.25) is 0 Å². The summed E-state index contributed by atoms with van der Waals surface area (Å²) in [6.07, 6.45) is 3.36. The van der Waals surface area contributed by atoms with Crippen molar-refractivity contribution >= 4 is 6.29 Å². The van der Waals surface area contributed by atoms with Crippen molar-refractivity contribution in [3.8, 4) is 0 Å². The molecular formula is C6H7NaO2. The third-order valence-electron chi connectivity index (χ3n) is 1.32. The molecule has 0 amide bonds. The van der Waals surface area contributed by atoms with Crippen LogP contribution in [0.15, 0.2) is 11.8 Å². The van der Waals surface area contributed by atoms with Gasteiger partial charge in [0.05, 0.1) is 0 Å². The zero-order valence-electron chi connectivity index (χ0n) is 5.46. The normalized spacial score (nSPS) is 18.4. The van der Waals surface area contributed by atoms with Crippen molar-refractivity contribution in [1.29, 1.82) is 0 Å². The first kappa shape index (κ1) is 9.21. The van der Waals surface area contributed by atoms with Crippen LogP contribution in [0, 0.1) is 5.92 Å². The third kappa shape index (κ3) is 2.52. The Bertz CT molecular complexity index is 127. The summed E-state index contributed by atoms with van der Waals surface area (Å²) in [5.41, 5.74) is 0.435. The number of carbonyl (C=O) groups is 1. The number of allylic oxidation sites excluding steroid dienone is 1. The van der Waals surface area contributed by atoms with E-state index in [1.54, 1.807) is 0 Å². The minimum atomic E-state index is 0. The fourth-order valence-electron chi connectivity index (χ4n) is 0.637. The molecule has 0 aromatic heterocycles. The molecule has 0 aliphatic heterocycles. The number of rotatable bonds is 2. The van der Waals surface area contributed by atoms with E-state index in [1.165, 1.54) is 0 Å². The van der Waals surface area contributed by atoms with Gasteiger partial charge in [0, 0.05) is 0 Å². The first-order chi connectivity index (χ1) is 3.88. The molecule has 2 nitrogen and oxygen atoms in total. The van der Waals surface area contributed by atoms with Crippen molar-refractivity contribution in [1.82, 2.24) is 0 Å². The maximum absolute atomic E-state index is 9.95. The molecule has 0 radical (unpaired) electrons. The minimum absolute atomic E-state index is 0. The van der Waals surface area contributed by atoms with E-state index in [-0.39, 0.29) is 29.6 Å². The van der Waals surface area contributed by atoms with Crippen molar-refractivity contribution < 1.29 is 39.5 Å². The topological polar surface area (TPSA) is 40.1 Å². The number of aldehydes is 1. The smallest absolute Gasteiger partial charge is 0.878 e. The SMILES string of the molecule is O=C/C(=C/[O-])C1CC1.[Na+]. The van der Waals surface area contributed by atoms with Crippen LogP contribution in [0.1, 0.15) is 12.8 Å². The van der Waals surface area contributed by atoms with Gasteiger partial charge in [-0.2, -0.15) is 0 Å². The number of carbonyl (C=O) groups excluding carboxylic acids is 1. The third-order valence-corrected chi connectivity index (χ3v) is 1.32. The van der Waals surface area contributed by atoms with Crippen molar-refractivity contribution in [2.24, 2.45) is 5.92 Å². The van der Waals surface area contributed by atoms with Gasteiger partial charge in [-0.15, -0.1) is 6.26 Å². The second-order valence-electron chi connectivity index (χ2n) is 2.01. The van der Waals surface area contributed by atoms with Gasteiger partial charge >= 0.3 is 29.6 Å². The molecule has 0 atom stereocenters. The summed E-state index contributed by atoms with van der Waals surface area (Å²) < 4.78 is 0. The summed E-state index contributed by atoms with van der Waals surface area (Å²) in [6.45, 7) is 0. The predicted octanol–water partition coefficient (Wildman–Crippen LogP) is -3.16. The molecule has 9 heavy (non-hydrogen) atoms. The Labute approximate surface area is 76.2 Å². The van der Waals surface area contributed by atoms with Gasteiger partial charge in [0.15, 0.2) is 0 Å². The minimum Gasteiger partial charge on any atom is -0.878 e. The average molecular weight is 134 g/mol. The largest absolute Gasteiger partial charge is 1.00 e. The van der Waals surface area contributed by atoms with E-state index in [0.29, 0.717) is 24.0 Å². The average Bonchev–Trinajstić information content (AvgIpc) is 2.53. The first-order valence-corrected chi connectivity index (χ1v) is 2.65. The Morgan fingerprint density at radius 3 is 2.22 bits per heavy atom. The molecule has 1 fully saturated rings. The van der Waals surface area contributed by atoms with Gasteiger partial charge in [0.1, 0.15) is 6.29 Å². The predicted molar refractivity (Wildman–Crippen MR) is 26.9 cm³/mol. The summed E-state index contributed by atoms with van der Waals surface area (Å²) in [7, 11) is 0. The molecule has 44 valence electrons. The Morgan fingerprint density at radius 1 is 1.56 bits per heavy atom. The van der Waals surface area contributed by atoms with E-state index < -0.39 is 0 Å². The fraction of sp³-hybridized carbons (Fsp3) is 0.500. The molecule has 0 aromatic carbocycles. The molecule has 1 saturated carbocycles. The van der Waals surface area contributed by atoms with Gasteiger partial charge in [0.25, 0.3) is 0 Å². The molecule has 0 N–H and O–H groups in total. The van der Waals surface area contributed by atoms with Crippen LogP contribution in [0.4, 0.5) is 0 Å². The summed E-state index contributed by atoms with van der Waals surface area (Å²) >= 11 is 0. The molecule has 1 aliphatic rings. The van der Waals surface area contributed by atoms with Crippen LogP contribution < -0.4 is 34.7 Å². The summed E-state index contributed by atoms with van der Waals surface area (Å²) in [6, 6.07) is 0. The van der Waals surface area contributed by atoms with Crippen LogP contribution in [-0.2, 0) is 4.79 Å². The zero-order valence-corrected chi connectivity index (χ0v) is 7.46. The van der Waals surface area contributed by atoms with Crippen LogP contribution >= 0.6 is 0 Å². The van der Waals surface area contributed by atoms with E-state index in [4.69, 9.17) is 0 Å². The van der Waals surface area contributed by atoms with Gasteiger partial charge < -0.3 is 5.11 Å². The van der Waals surface area contributed by atoms with Gasteiger partial charge in [0.2, 0.25) is 0 Å². The van der Waals surface area contributed by atoms with E-state index in [1.807, 2.05) is 0 Å². The fourth-order valence-corrected chi connectivity index (χ4v) is 0.637.